The summed E-state index contributed by atoms with van der Waals surface area (Å²) in [7, 11) is -3.09. The molecule has 232 valence electrons. The fourth-order valence-corrected chi connectivity index (χ4v) is 12.6. The average Bonchev–Trinajstić information content (AvgIpc) is 3.52. The van der Waals surface area contributed by atoms with E-state index >= 15 is 0 Å². The lowest BCUT2D eigenvalue weighted by molar-refractivity contribution is 1.17. The molecule has 0 aliphatic carbocycles. The first-order valence-corrected chi connectivity index (χ1v) is 18.4. The minimum absolute atomic E-state index is 0.530. The van der Waals surface area contributed by atoms with Crippen molar-refractivity contribution in [1.82, 2.24) is 4.57 Å². The molecule has 0 radical (unpaired) electrons. The molecular weight excluding hydrogens is 625 g/mol. The number of hydrogen-bond donors (Lipinski definition) is 0. The smallest absolute Gasteiger partial charge is 0.180 e. The van der Waals surface area contributed by atoms with Gasteiger partial charge in [-0.2, -0.15) is 15.8 Å². The van der Waals surface area contributed by atoms with Crippen LogP contribution in [0.5, 0.6) is 0 Å². The van der Waals surface area contributed by atoms with Gasteiger partial charge in [0, 0.05) is 16.3 Å². The third-order valence-electron chi connectivity index (χ3n) is 9.66. The summed E-state index contributed by atoms with van der Waals surface area (Å²) in [6.07, 6.45) is 0. The van der Waals surface area contributed by atoms with Gasteiger partial charge >= 0.3 is 0 Å². The van der Waals surface area contributed by atoms with E-state index in [0.717, 1.165) is 43.8 Å². The number of nitrogens with zero attached hydrogens (tertiary/aromatic N) is 4. The number of aromatic nitrogens is 1. The monoisotopic (exact) mass is 652 g/mol. The lowest BCUT2D eigenvalue weighted by Gasteiger charge is -2.36. The lowest BCUT2D eigenvalue weighted by atomic mass is 9.97. The third kappa shape index (κ3) is 4.72. The van der Waals surface area contributed by atoms with Crippen LogP contribution in [0.1, 0.15) is 16.7 Å². The molecule has 0 N–H and O–H groups in total. The highest BCUT2D eigenvalue weighted by atomic mass is 28.3. The van der Waals surface area contributed by atoms with Gasteiger partial charge in [-0.25, -0.2) is 0 Å². The largest absolute Gasteiger partial charge is 0.308 e. The van der Waals surface area contributed by atoms with Gasteiger partial charge in [-0.1, -0.05) is 127 Å². The van der Waals surface area contributed by atoms with Crippen LogP contribution in [-0.2, 0) is 0 Å². The van der Waals surface area contributed by atoms with Gasteiger partial charge in [-0.15, -0.1) is 0 Å². The van der Waals surface area contributed by atoms with Gasteiger partial charge in [0.1, 0.15) is 6.07 Å². The van der Waals surface area contributed by atoms with Crippen molar-refractivity contribution in [3.05, 3.63) is 187 Å². The SMILES string of the molecule is N#Cc1ccc(-c2cccc(-n3c4ccccc4c4cc(C#N)ccc43)c2C#N)c([Si](c2ccccc2)(c2ccccc2)c2ccccc2)c1. The molecule has 0 unspecified atom stereocenters. The zero-order chi connectivity index (χ0) is 34.1. The van der Waals surface area contributed by atoms with Crippen LogP contribution in [0.25, 0.3) is 38.6 Å². The topological polar surface area (TPSA) is 76.3 Å². The first-order valence-electron chi connectivity index (χ1n) is 16.4. The van der Waals surface area contributed by atoms with E-state index in [1.165, 1.54) is 15.6 Å². The fourth-order valence-electron chi connectivity index (χ4n) is 7.56. The molecular formula is C45H28N4Si. The molecule has 7 aromatic carbocycles. The van der Waals surface area contributed by atoms with Crippen LogP contribution in [0.3, 0.4) is 0 Å². The van der Waals surface area contributed by atoms with Gasteiger partial charge < -0.3 is 4.57 Å². The van der Waals surface area contributed by atoms with E-state index in [1.54, 1.807) is 0 Å². The molecule has 0 fully saturated rings. The molecule has 50 heavy (non-hydrogen) atoms. The standard InChI is InChI=1S/C45H28N4Si/c46-29-32-24-26-44-40(27-32)38-19-10-11-21-42(38)49(44)43-22-12-20-37(41(43)31-48)39-25-23-33(30-47)28-45(39)50(34-13-4-1-5-14-34,35-15-6-2-7-16-35)36-17-8-3-9-18-36/h1-28H. The van der Waals surface area contributed by atoms with Crippen LogP contribution >= 0.6 is 0 Å². The second kappa shape index (κ2) is 12.6. The van der Waals surface area contributed by atoms with Gasteiger partial charge in [0.2, 0.25) is 0 Å². The highest BCUT2D eigenvalue weighted by Crippen LogP contribution is 2.36. The maximum atomic E-state index is 11.1. The first-order chi connectivity index (χ1) is 24.7. The van der Waals surface area contributed by atoms with E-state index in [2.05, 4.69) is 108 Å². The second-order valence-electron chi connectivity index (χ2n) is 12.2. The number of para-hydroxylation sites is 1. The first kappa shape index (κ1) is 30.4. The highest BCUT2D eigenvalue weighted by Gasteiger charge is 2.43. The molecule has 0 spiro atoms. The molecule has 0 amide bonds. The number of benzene rings is 7. The van der Waals surface area contributed by atoms with Crippen LogP contribution in [0.4, 0.5) is 0 Å². The number of hydrogen-bond acceptors (Lipinski definition) is 3. The third-order valence-corrected chi connectivity index (χ3v) is 14.5. The number of rotatable bonds is 6. The van der Waals surface area contributed by atoms with E-state index in [-0.39, 0.29) is 0 Å². The Morgan fingerprint density at radius 2 is 0.960 bits per heavy atom. The molecule has 0 atom stereocenters. The van der Waals surface area contributed by atoms with Crippen molar-refractivity contribution in [3.63, 3.8) is 0 Å². The summed E-state index contributed by atoms with van der Waals surface area (Å²) in [4.78, 5) is 0. The quantitative estimate of drug-likeness (QED) is 0.138. The summed E-state index contributed by atoms with van der Waals surface area (Å²) in [5.74, 6) is 0. The Morgan fingerprint density at radius 1 is 0.420 bits per heavy atom. The van der Waals surface area contributed by atoms with Gasteiger partial charge in [0.25, 0.3) is 0 Å². The zero-order valence-electron chi connectivity index (χ0n) is 27.0. The fraction of sp³-hybridized carbons (Fsp3) is 0. The molecule has 8 rings (SSSR count). The Labute approximate surface area is 291 Å². The molecule has 0 aliphatic heterocycles. The Balaban J connectivity index is 1.50. The van der Waals surface area contributed by atoms with Gasteiger partial charge in [0.15, 0.2) is 8.07 Å². The van der Waals surface area contributed by atoms with Crippen LogP contribution in [0.15, 0.2) is 170 Å². The van der Waals surface area contributed by atoms with Gasteiger partial charge in [0.05, 0.1) is 45.5 Å². The van der Waals surface area contributed by atoms with Crippen molar-refractivity contribution in [2.75, 3.05) is 0 Å². The summed E-state index contributed by atoms with van der Waals surface area (Å²) in [6.45, 7) is 0. The van der Waals surface area contributed by atoms with Crippen molar-refractivity contribution >= 4 is 50.6 Å². The number of fused-ring (bicyclic) bond motifs is 3. The highest BCUT2D eigenvalue weighted by molar-refractivity contribution is 7.20. The van der Waals surface area contributed by atoms with Gasteiger partial charge in [-0.05, 0) is 68.8 Å². The molecule has 0 saturated heterocycles. The Hall–Kier alpha value is -6.97. The van der Waals surface area contributed by atoms with Crippen LogP contribution in [-0.4, -0.2) is 12.6 Å². The summed E-state index contributed by atoms with van der Waals surface area (Å²) >= 11 is 0. The van der Waals surface area contributed by atoms with Gasteiger partial charge in [-0.3, -0.25) is 0 Å². The van der Waals surface area contributed by atoms with E-state index in [4.69, 9.17) is 0 Å². The Morgan fingerprint density at radius 3 is 1.56 bits per heavy atom. The van der Waals surface area contributed by atoms with Crippen LogP contribution in [0, 0.1) is 34.0 Å². The average molecular weight is 653 g/mol. The summed E-state index contributed by atoms with van der Waals surface area (Å²) in [5, 5.41) is 37.6. The molecule has 0 aliphatic rings. The maximum Gasteiger partial charge on any atom is 0.180 e. The lowest BCUT2D eigenvalue weighted by Crippen LogP contribution is -2.75. The van der Waals surface area contributed by atoms with E-state index in [1.807, 2.05) is 84.9 Å². The Bertz CT molecular complexity index is 2580. The molecule has 5 heteroatoms. The normalized spacial score (nSPS) is 11.1. The van der Waals surface area contributed by atoms with Crippen LogP contribution in [0.2, 0.25) is 0 Å². The van der Waals surface area contributed by atoms with Crippen molar-refractivity contribution in [2.45, 2.75) is 0 Å². The minimum Gasteiger partial charge on any atom is -0.308 e. The summed E-state index contributed by atoms with van der Waals surface area (Å²) < 4.78 is 2.13. The maximum absolute atomic E-state index is 11.1. The molecule has 0 bridgehead atoms. The van der Waals surface area contributed by atoms with E-state index in [0.29, 0.717) is 16.7 Å². The molecule has 1 aromatic heterocycles. The molecule has 0 saturated carbocycles. The Kier molecular flexibility index (Phi) is 7.63. The summed E-state index contributed by atoms with van der Waals surface area (Å²) in [6, 6.07) is 64.9. The molecule has 1 heterocycles. The molecule has 4 nitrogen and oxygen atoms in total. The zero-order valence-corrected chi connectivity index (χ0v) is 28.0. The van der Waals surface area contributed by atoms with E-state index < -0.39 is 8.07 Å². The van der Waals surface area contributed by atoms with Crippen LogP contribution < -0.4 is 20.7 Å². The predicted octanol–water partition coefficient (Wildman–Crippen LogP) is 7.44. The van der Waals surface area contributed by atoms with Crippen molar-refractivity contribution in [2.24, 2.45) is 0 Å². The van der Waals surface area contributed by atoms with Crippen molar-refractivity contribution in [3.8, 4) is 35.0 Å². The second-order valence-corrected chi connectivity index (χ2v) is 16.0. The van der Waals surface area contributed by atoms with E-state index in [9.17, 15) is 15.8 Å². The summed E-state index contributed by atoms with van der Waals surface area (Å²) in [5.41, 5.74) is 6.01. The number of nitriles is 3. The minimum atomic E-state index is -3.09. The molecule has 8 aromatic rings. The van der Waals surface area contributed by atoms with Crippen molar-refractivity contribution in [1.29, 1.82) is 15.8 Å². The van der Waals surface area contributed by atoms with Crippen molar-refractivity contribution < 1.29 is 0 Å². The predicted molar refractivity (Wildman–Crippen MR) is 204 cm³/mol.